The lowest BCUT2D eigenvalue weighted by Crippen LogP contribution is -2.18. The summed E-state index contributed by atoms with van der Waals surface area (Å²) in [5, 5.41) is 10.4. The van der Waals surface area contributed by atoms with Crippen LogP contribution in [-0.4, -0.2) is 16.6 Å². The van der Waals surface area contributed by atoms with Crippen LogP contribution in [0.1, 0.15) is 5.89 Å². The maximum Gasteiger partial charge on any atom is 0.573 e. The molecule has 5 nitrogen and oxygen atoms in total. The number of ether oxygens (including phenoxy) is 1. The second kappa shape index (κ2) is 6.80. The summed E-state index contributed by atoms with van der Waals surface area (Å²) in [5.41, 5.74) is 0.655. The molecule has 9 heteroatoms. The first-order chi connectivity index (χ1) is 11.9. The highest BCUT2D eigenvalue weighted by molar-refractivity contribution is 5.56. The van der Waals surface area contributed by atoms with Crippen LogP contribution in [0.15, 0.2) is 52.9 Å². The van der Waals surface area contributed by atoms with E-state index in [4.69, 9.17) is 4.42 Å². The Labute approximate surface area is 139 Å². The molecule has 0 bridgehead atoms. The molecule has 3 aromatic rings. The number of aromatic nitrogens is 2. The van der Waals surface area contributed by atoms with Gasteiger partial charge in [0, 0.05) is 5.56 Å². The van der Waals surface area contributed by atoms with Gasteiger partial charge in [-0.3, -0.25) is 0 Å². The highest BCUT2D eigenvalue weighted by atomic mass is 19.4. The van der Waals surface area contributed by atoms with Crippen molar-refractivity contribution in [1.82, 2.24) is 10.2 Å². The number of nitrogens with one attached hydrogen (secondary N) is 1. The number of para-hydroxylation sites is 2. The monoisotopic (exact) mass is 353 g/mol. The van der Waals surface area contributed by atoms with Crippen LogP contribution in [0.25, 0.3) is 11.5 Å². The van der Waals surface area contributed by atoms with Crippen LogP contribution in [0.5, 0.6) is 5.75 Å². The zero-order valence-electron chi connectivity index (χ0n) is 12.5. The van der Waals surface area contributed by atoms with Gasteiger partial charge in [0.05, 0.1) is 12.2 Å². The van der Waals surface area contributed by atoms with Gasteiger partial charge < -0.3 is 14.5 Å². The number of alkyl halides is 3. The molecule has 2 aromatic carbocycles. The summed E-state index contributed by atoms with van der Waals surface area (Å²) in [7, 11) is 0. The SMILES string of the molecule is Fc1ccc(-c2nnc(CNc3ccccc3OC(F)(F)F)o2)cc1. The Hall–Kier alpha value is -3.10. The number of nitrogens with zero attached hydrogens (tertiary/aromatic N) is 2. The van der Waals surface area contributed by atoms with Gasteiger partial charge in [-0.05, 0) is 36.4 Å². The molecule has 1 heterocycles. The normalized spacial score (nSPS) is 11.4. The maximum absolute atomic E-state index is 12.9. The molecule has 0 saturated carbocycles. The van der Waals surface area contributed by atoms with E-state index in [1.165, 1.54) is 42.5 Å². The van der Waals surface area contributed by atoms with Crippen LogP contribution in [0.2, 0.25) is 0 Å². The minimum Gasteiger partial charge on any atom is -0.419 e. The third-order valence-corrected chi connectivity index (χ3v) is 3.10. The fraction of sp³-hybridized carbons (Fsp3) is 0.125. The summed E-state index contributed by atoms with van der Waals surface area (Å²) in [6, 6.07) is 11.1. The Morgan fingerprint density at radius 2 is 1.72 bits per heavy atom. The largest absolute Gasteiger partial charge is 0.573 e. The molecule has 0 atom stereocenters. The summed E-state index contributed by atoms with van der Waals surface area (Å²) in [5.74, 6) is -0.433. The average Bonchev–Trinajstić information content (AvgIpc) is 3.02. The lowest BCUT2D eigenvalue weighted by atomic mass is 10.2. The zero-order chi connectivity index (χ0) is 17.9. The lowest BCUT2D eigenvalue weighted by Gasteiger charge is -2.13. The lowest BCUT2D eigenvalue weighted by molar-refractivity contribution is -0.274. The molecule has 1 N–H and O–H groups in total. The number of hydrogen-bond donors (Lipinski definition) is 1. The van der Waals surface area contributed by atoms with Gasteiger partial charge in [-0.25, -0.2) is 4.39 Å². The Morgan fingerprint density at radius 1 is 1.00 bits per heavy atom. The molecule has 0 saturated heterocycles. The van der Waals surface area contributed by atoms with Crippen molar-refractivity contribution in [3.8, 4) is 17.2 Å². The number of benzene rings is 2. The molecular formula is C16H11F4N3O2. The molecule has 1 aromatic heterocycles. The zero-order valence-corrected chi connectivity index (χ0v) is 12.5. The summed E-state index contributed by atoms with van der Waals surface area (Å²) in [6.07, 6.45) is -4.79. The van der Waals surface area contributed by atoms with Crippen LogP contribution in [0, 0.1) is 5.82 Å². The van der Waals surface area contributed by atoms with Crippen molar-refractivity contribution in [2.24, 2.45) is 0 Å². The molecule has 0 radical (unpaired) electrons. The van der Waals surface area contributed by atoms with Crippen molar-refractivity contribution in [1.29, 1.82) is 0 Å². The molecule has 0 aliphatic rings. The number of hydrogen-bond acceptors (Lipinski definition) is 5. The Morgan fingerprint density at radius 3 is 2.44 bits per heavy atom. The third kappa shape index (κ3) is 4.46. The van der Waals surface area contributed by atoms with Gasteiger partial charge >= 0.3 is 6.36 Å². The van der Waals surface area contributed by atoms with Crippen LogP contribution in [0.4, 0.5) is 23.2 Å². The Balaban J connectivity index is 1.70. The molecule has 0 fully saturated rings. The molecule has 25 heavy (non-hydrogen) atoms. The maximum atomic E-state index is 12.9. The highest BCUT2D eigenvalue weighted by Crippen LogP contribution is 2.30. The van der Waals surface area contributed by atoms with Crippen molar-refractivity contribution in [2.45, 2.75) is 12.9 Å². The minimum atomic E-state index is -4.79. The first-order valence-corrected chi connectivity index (χ1v) is 7.08. The quantitative estimate of drug-likeness (QED) is 0.690. The van der Waals surface area contributed by atoms with E-state index in [-0.39, 0.29) is 29.8 Å². The first-order valence-electron chi connectivity index (χ1n) is 7.08. The molecular weight excluding hydrogens is 342 g/mol. The molecule has 0 unspecified atom stereocenters. The van der Waals surface area contributed by atoms with Gasteiger partial charge in [0.2, 0.25) is 11.8 Å². The van der Waals surface area contributed by atoms with Crippen molar-refractivity contribution in [3.05, 3.63) is 60.2 Å². The predicted molar refractivity (Wildman–Crippen MR) is 80.1 cm³/mol. The van der Waals surface area contributed by atoms with Crippen LogP contribution in [-0.2, 0) is 6.54 Å². The molecule has 130 valence electrons. The van der Waals surface area contributed by atoms with Gasteiger partial charge in [-0.2, -0.15) is 0 Å². The number of anilines is 1. The smallest absolute Gasteiger partial charge is 0.419 e. The minimum absolute atomic E-state index is 0.00751. The third-order valence-electron chi connectivity index (χ3n) is 3.10. The highest BCUT2D eigenvalue weighted by Gasteiger charge is 2.32. The predicted octanol–water partition coefficient (Wildman–Crippen LogP) is 4.39. The molecule has 0 aliphatic carbocycles. The van der Waals surface area contributed by atoms with Crippen LogP contribution in [0.3, 0.4) is 0 Å². The van der Waals surface area contributed by atoms with Crippen molar-refractivity contribution in [2.75, 3.05) is 5.32 Å². The van der Waals surface area contributed by atoms with Gasteiger partial charge in [0.25, 0.3) is 0 Å². The second-order valence-electron chi connectivity index (χ2n) is 4.91. The summed E-state index contributed by atoms with van der Waals surface area (Å²) < 4.78 is 59.4. The Bertz CT molecular complexity index is 847. The van der Waals surface area contributed by atoms with Crippen LogP contribution >= 0.6 is 0 Å². The van der Waals surface area contributed by atoms with E-state index in [1.54, 1.807) is 6.07 Å². The van der Waals surface area contributed by atoms with Crippen molar-refractivity contribution in [3.63, 3.8) is 0 Å². The summed E-state index contributed by atoms with van der Waals surface area (Å²) in [4.78, 5) is 0. The van der Waals surface area contributed by atoms with Gasteiger partial charge in [0.1, 0.15) is 5.82 Å². The Kier molecular flexibility index (Phi) is 4.55. The molecule has 3 rings (SSSR count). The van der Waals surface area contributed by atoms with Gasteiger partial charge in [0.15, 0.2) is 5.75 Å². The fourth-order valence-electron chi connectivity index (χ4n) is 2.03. The van der Waals surface area contributed by atoms with Gasteiger partial charge in [-0.15, -0.1) is 23.4 Å². The molecule has 0 spiro atoms. The van der Waals surface area contributed by atoms with E-state index < -0.39 is 12.2 Å². The van der Waals surface area contributed by atoms with E-state index in [0.29, 0.717) is 5.56 Å². The van der Waals surface area contributed by atoms with E-state index in [1.807, 2.05) is 0 Å². The topological polar surface area (TPSA) is 60.2 Å². The summed E-state index contributed by atoms with van der Waals surface area (Å²) >= 11 is 0. The fourth-order valence-corrected chi connectivity index (χ4v) is 2.03. The van der Waals surface area contributed by atoms with E-state index in [9.17, 15) is 17.6 Å². The van der Waals surface area contributed by atoms with E-state index >= 15 is 0 Å². The number of halogens is 4. The van der Waals surface area contributed by atoms with Crippen LogP contribution < -0.4 is 10.1 Å². The molecule has 0 amide bonds. The first kappa shape index (κ1) is 16.7. The van der Waals surface area contributed by atoms with Crippen molar-refractivity contribution < 1.29 is 26.7 Å². The van der Waals surface area contributed by atoms with Gasteiger partial charge in [-0.1, -0.05) is 12.1 Å². The second-order valence-corrected chi connectivity index (χ2v) is 4.91. The number of rotatable bonds is 5. The van der Waals surface area contributed by atoms with Crippen molar-refractivity contribution >= 4 is 5.69 Å². The average molecular weight is 353 g/mol. The molecule has 0 aliphatic heterocycles. The standard InChI is InChI=1S/C16H11F4N3O2/c17-11-7-5-10(6-8-11)15-23-22-14(24-15)9-21-12-3-1-2-4-13(12)25-16(18,19)20/h1-8,21H,9H2. The van der Waals surface area contributed by atoms with E-state index in [2.05, 4.69) is 20.3 Å². The summed E-state index contributed by atoms with van der Waals surface area (Å²) in [6.45, 7) is -0.00751. The van der Waals surface area contributed by atoms with E-state index in [0.717, 1.165) is 0 Å².